The summed E-state index contributed by atoms with van der Waals surface area (Å²) in [5.41, 5.74) is -0.249. The second-order valence-electron chi connectivity index (χ2n) is 6.82. The average Bonchev–Trinajstić information content (AvgIpc) is 2.59. The van der Waals surface area contributed by atoms with Crippen molar-refractivity contribution in [2.45, 2.75) is 37.4 Å². The number of carbonyl (C=O) groups excluding carboxylic acids is 1. The van der Waals surface area contributed by atoms with Gasteiger partial charge in [-0.2, -0.15) is 8.42 Å². The fourth-order valence-corrected chi connectivity index (χ4v) is 3.09. The Balaban J connectivity index is 2.03. The summed E-state index contributed by atoms with van der Waals surface area (Å²) in [6.45, 7) is 5.11. The summed E-state index contributed by atoms with van der Waals surface area (Å²) >= 11 is 0. The van der Waals surface area contributed by atoms with Crippen LogP contribution in [0.2, 0.25) is 0 Å². The summed E-state index contributed by atoms with van der Waals surface area (Å²) in [7, 11) is -3.97. The monoisotopic (exact) mass is 393 g/mol. The van der Waals surface area contributed by atoms with Crippen molar-refractivity contribution in [2.75, 3.05) is 6.54 Å². The predicted molar refractivity (Wildman–Crippen MR) is 99.9 cm³/mol. The maximum Gasteiger partial charge on any atom is 0.407 e. The van der Waals surface area contributed by atoms with E-state index in [9.17, 15) is 18.3 Å². The molecule has 0 spiro atoms. The molecule has 0 aliphatic rings. The molecule has 2 rings (SSSR count). The van der Waals surface area contributed by atoms with Gasteiger partial charge in [0.25, 0.3) is 0 Å². The highest BCUT2D eigenvalue weighted by Crippen LogP contribution is 2.22. The SMILES string of the molecule is CC(C)(C)OC(=O)NCC(O)c1cccc(OS(=O)(=O)c2ccccc2)c1. The lowest BCUT2D eigenvalue weighted by atomic mass is 10.1. The van der Waals surface area contributed by atoms with Gasteiger partial charge < -0.3 is 19.3 Å². The fraction of sp³-hybridized carbons (Fsp3) is 0.316. The molecule has 0 fully saturated rings. The first-order valence-electron chi connectivity index (χ1n) is 8.31. The number of hydrogen-bond acceptors (Lipinski definition) is 6. The number of ether oxygens (including phenoxy) is 1. The fourth-order valence-electron chi connectivity index (χ4n) is 2.15. The standard InChI is InChI=1S/C19H23NO6S/c1-19(2,3)25-18(22)20-13-17(21)14-8-7-9-15(12-14)26-27(23,24)16-10-5-4-6-11-16/h4-12,17,21H,13H2,1-3H3,(H,20,22). The Morgan fingerprint density at radius 2 is 1.78 bits per heavy atom. The van der Waals surface area contributed by atoms with Gasteiger partial charge in [-0.1, -0.05) is 30.3 Å². The molecule has 1 amide bonds. The van der Waals surface area contributed by atoms with Crippen molar-refractivity contribution < 1.29 is 27.2 Å². The molecule has 8 heteroatoms. The molecule has 2 aromatic rings. The van der Waals surface area contributed by atoms with E-state index in [1.807, 2.05) is 0 Å². The Kier molecular flexibility index (Phi) is 6.45. The number of aliphatic hydroxyl groups is 1. The Hall–Kier alpha value is -2.58. The van der Waals surface area contributed by atoms with Gasteiger partial charge in [0, 0.05) is 0 Å². The third-order valence-corrected chi connectivity index (χ3v) is 4.58. The van der Waals surface area contributed by atoms with Crippen LogP contribution in [0, 0.1) is 0 Å². The van der Waals surface area contributed by atoms with E-state index in [4.69, 9.17) is 8.92 Å². The van der Waals surface area contributed by atoms with Gasteiger partial charge in [-0.15, -0.1) is 0 Å². The summed E-state index contributed by atoms with van der Waals surface area (Å²) in [4.78, 5) is 11.7. The minimum Gasteiger partial charge on any atom is -0.444 e. The molecule has 0 aromatic heterocycles. The average molecular weight is 393 g/mol. The summed E-state index contributed by atoms with van der Waals surface area (Å²) in [6.07, 6.45) is -1.71. The van der Waals surface area contributed by atoms with Crippen LogP contribution in [0.1, 0.15) is 32.4 Å². The van der Waals surface area contributed by atoms with E-state index < -0.39 is 27.9 Å². The minimum absolute atomic E-state index is 0.0301. The van der Waals surface area contributed by atoms with Crippen molar-refractivity contribution in [3.8, 4) is 5.75 Å². The smallest absolute Gasteiger partial charge is 0.407 e. The van der Waals surface area contributed by atoms with Crippen molar-refractivity contribution >= 4 is 16.2 Å². The zero-order valence-corrected chi connectivity index (χ0v) is 16.2. The van der Waals surface area contributed by atoms with Crippen LogP contribution in [0.3, 0.4) is 0 Å². The van der Waals surface area contributed by atoms with Gasteiger partial charge in [-0.25, -0.2) is 4.79 Å². The summed E-state index contributed by atoms with van der Waals surface area (Å²) in [5, 5.41) is 12.7. The molecule has 2 N–H and O–H groups in total. The van der Waals surface area contributed by atoms with Crippen LogP contribution in [0.25, 0.3) is 0 Å². The van der Waals surface area contributed by atoms with Crippen molar-refractivity contribution in [1.29, 1.82) is 0 Å². The number of aliphatic hydroxyl groups excluding tert-OH is 1. The van der Waals surface area contributed by atoms with Crippen LogP contribution in [0.4, 0.5) is 4.79 Å². The molecule has 0 saturated heterocycles. The van der Waals surface area contributed by atoms with Crippen molar-refractivity contribution in [3.05, 3.63) is 60.2 Å². The molecule has 1 atom stereocenters. The van der Waals surface area contributed by atoms with Crippen LogP contribution >= 0.6 is 0 Å². The van der Waals surface area contributed by atoms with E-state index in [1.165, 1.54) is 24.3 Å². The molecule has 0 aliphatic carbocycles. The molecular weight excluding hydrogens is 370 g/mol. The number of benzene rings is 2. The molecule has 1 unspecified atom stereocenters. The van der Waals surface area contributed by atoms with E-state index in [1.54, 1.807) is 51.1 Å². The highest BCUT2D eigenvalue weighted by Gasteiger charge is 2.19. The second-order valence-corrected chi connectivity index (χ2v) is 8.37. The summed E-state index contributed by atoms with van der Waals surface area (Å²) in [5.74, 6) is 0.0627. The van der Waals surface area contributed by atoms with E-state index in [0.29, 0.717) is 5.56 Å². The molecule has 0 radical (unpaired) electrons. The first-order valence-corrected chi connectivity index (χ1v) is 9.72. The van der Waals surface area contributed by atoms with Gasteiger partial charge in [-0.05, 0) is 50.6 Å². The molecule has 27 heavy (non-hydrogen) atoms. The lowest BCUT2D eigenvalue weighted by molar-refractivity contribution is 0.0492. The third-order valence-electron chi connectivity index (χ3n) is 3.32. The van der Waals surface area contributed by atoms with Gasteiger partial charge in [0.05, 0.1) is 12.6 Å². The van der Waals surface area contributed by atoms with Crippen molar-refractivity contribution in [2.24, 2.45) is 0 Å². The maximum atomic E-state index is 12.3. The van der Waals surface area contributed by atoms with Gasteiger partial charge >= 0.3 is 16.2 Å². The number of alkyl carbamates (subject to hydrolysis) is 1. The number of rotatable bonds is 6. The molecular formula is C19H23NO6S. The highest BCUT2D eigenvalue weighted by atomic mass is 32.2. The molecule has 0 heterocycles. The molecule has 0 aliphatic heterocycles. The molecule has 0 bridgehead atoms. The van der Waals surface area contributed by atoms with E-state index in [2.05, 4.69) is 5.32 Å². The Bertz CT molecular complexity index is 875. The second kappa shape index (κ2) is 8.41. The number of carbonyl (C=O) groups is 1. The number of hydrogen-bond donors (Lipinski definition) is 2. The van der Waals surface area contributed by atoms with Crippen molar-refractivity contribution in [3.63, 3.8) is 0 Å². The highest BCUT2D eigenvalue weighted by molar-refractivity contribution is 7.87. The van der Waals surface area contributed by atoms with Crippen LogP contribution in [0.15, 0.2) is 59.5 Å². The Morgan fingerprint density at radius 3 is 2.41 bits per heavy atom. The third kappa shape index (κ3) is 6.58. The van der Waals surface area contributed by atoms with Gasteiger partial charge in [0.1, 0.15) is 16.2 Å². The zero-order valence-electron chi connectivity index (χ0n) is 15.4. The topological polar surface area (TPSA) is 102 Å². The lowest BCUT2D eigenvalue weighted by Crippen LogP contribution is -2.34. The maximum absolute atomic E-state index is 12.3. The Labute approximate surface area is 159 Å². The van der Waals surface area contributed by atoms with Gasteiger partial charge in [-0.3, -0.25) is 0 Å². The number of amides is 1. The van der Waals surface area contributed by atoms with Crippen LogP contribution in [-0.4, -0.2) is 31.8 Å². The predicted octanol–water partition coefficient (Wildman–Crippen LogP) is 3.01. The van der Waals surface area contributed by atoms with Crippen LogP contribution in [0.5, 0.6) is 5.75 Å². The first kappa shape index (κ1) is 20.7. The van der Waals surface area contributed by atoms with E-state index in [0.717, 1.165) is 0 Å². The first-order chi connectivity index (χ1) is 12.6. The van der Waals surface area contributed by atoms with Crippen molar-refractivity contribution in [1.82, 2.24) is 5.32 Å². The lowest BCUT2D eigenvalue weighted by Gasteiger charge is -2.20. The van der Waals surface area contributed by atoms with Crippen LogP contribution < -0.4 is 9.50 Å². The van der Waals surface area contributed by atoms with Crippen LogP contribution in [-0.2, 0) is 14.9 Å². The van der Waals surface area contributed by atoms with E-state index in [-0.39, 0.29) is 17.2 Å². The Morgan fingerprint density at radius 1 is 1.11 bits per heavy atom. The minimum atomic E-state index is -3.97. The molecule has 146 valence electrons. The summed E-state index contributed by atoms with van der Waals surface area (Å²) in [6, 6.07) is 13.8. The van der Waals surface area contributed by atoms with Gasteiger partial charge in [0.2, 0.25) is 0 Å². The zero-order chi connectivity index (χ0) is 20.1. The number of nitrogens with one attached hydrogen (secondary N) is 1. The normalized spacial score (nSPS) is 12.9. The quantitative estimate of drug-likeness (QED) is 0.732. The molecule has 2 aromatic carbocycles. The molecule has 7 nitrogen and oxygen atoms in total. The largest absolute Gasteiger partial charge is 0.444 e. The van der Waals surface area contributed by atoms with Gasteiger partial charge in [0.15, 0.2) is 0 Å². The van der Waals surface area contributed by atoms with E-state index >= 15 is 0 Å². The summed E-state index contributed by atoms with van der Waals surface area (Å²) < 4.78 is 34.8. The molecule has 0 saturated carbocycles.